The zero-order valence-corrected chi connectivity index (χ0v) is 19.2. The van der Waals surface area contributed by atoms with Crippen LogP contribution >= 0.6 is 11.3 Å². The number of rotatable bonds is 5. The summed E-state index contributed by atoms with van der Waals surface area (Å²) in [6.07, 6.45) is 2.57. The van der Waals surface area contributed by atoms with Crippen molar-refractivity contribution in [1.82, 2.24) is 4.98 Å². The Bertz CT molecular complexity index is 1430. The van der Waals surface area contributed by atoms with Crippen LogP contribution in [-0.4, -0.2) is 10.9 Å². The van der Waals surface area contributed by atoms with Gasteiger partial charge in [-0.05, 0) is 49.2 Å². The van der Waals surface area contributed by atoms with E-state index < -0.39 is 0 Å². The number of thiophene rings is 1. The number of aryl methyl sites for hydroxylation is 2. The Hall–Kier alpha value is -3.90. The summed E-state index contributed by atoms with van der Waals surface area (Å²) in [6.45, 7) is 4.15. The van der Waals surface area contributed by atoms with Crippen LogP contribution in [-0.2, 0) is 6.42 Å². The first kappa shape index (κ1) is 21.0. The van der Waals surface area contributed by atoms with E-state index in [2.05, 4.69) is 31.3 Å². The van der Waals surface area contributed by atoms with Gasteiger partial charge in [-0.2, -0.15) is 0 Å². The number of furan rings is 1. The molecule has 0 bridgehead atoms. The Morgan fingerprint density at radius 1 is 1.09 bits per heavy atom. The molecule has 5 nitrogen and oxygen atoms in total. The van der Waals surface area contributed by atoms with Gasteiger partial charge in [-0.3, -0.25) is 4.79 Å². The fourth-order valence-electron chi connectivity index (χ4n) is 3.80. The van der Waals surface area contributed by atoms with Crippen molar-refractivity contribution < 1.29 is 9.21 Å². The quantitative estimate of drug-likeness (QED) is 0.302. The van der Waals surface area contributed by atoms with Crippen LogP contribution in [0.1, 0.15) is 27.7 Å². The number of nitrogens with two attached hydrogens (primary N) is 1. The number of carbonyl (C=O) groups excluding carboxylic acids is 1. The van der Waals surface area contributed by atoms with E-state index in [1.807, 2.05) is 54.6 Å². The van der Waals surface area contributed by atoms with E-state index in [4.69, 9.17) is 15.1 Å². The second-order valence-corrected chi connectivity index (χ2v) is 8.93. The molecule has 0 aliphatic heterocycles. The number of fused-ring (bicyclic) bond motifs is 1. The molecule has 164 valence electrons. The van der Waals surface area contributed by atoms with Gasteiger partial charge in [0.1, 0.15) is 15.5 Å². The number of hydrogen-bond acceptors (Lipinski definition) is 5. The molecule has 0 saturated heterocycles. The molecule has 6 heteroatoms. The lowest BCUT2D eigenvalue weighted by Crippen LogP contribution is -2.11. The molecule has 5 aromatic rings. The zero-order chi connectivity index (χ0) is 22.9. The fraction of sp³-hybridized carbons (Fsp3) is 0.111. The summed E-state index contributed by atoms with van der Waals surface area (Å²) < 4.78 is 5.70. The fourth-order valence-corrected chi connectivity index (χ4v) is 4.81. The Labute approximate surface area is 195 Å². The van der Waals surface area contributed by atoms with Crippen LogP contribution in [0, 0.1) is 6.92 Å². The van der Waals surface area contributed by atoms with Gasteiger partial charge in [-0.15, -0.1) is 11.3 Å². The molecule has 0 fully saturated rings. The summed E-state index contributed by atoms with van der Waals surface area (Å²) in [5.74, 6) is 0.435. The van der Waals surface area contributed by atoms with E-state index in [1.165, 1.54) is 22.5 Å². The lowest BCUT2D eigenvalue weighted by Gasteiger charge is -2.07. The highest BCUT2D eigenvalue weighted by Crippen LogP contribution is 2.41. The van der Waals surface area contributed by atoms with Gasteiger partial charge in [-0.1, -0.05) is 48.9 Å². The van der Waals surface area contributed by atoms with Crippen LogP contribution < -0.4 is 11.1 Å². The smallest absolute Gasteiger partial charge is 0.267 e. The molecular weight excluding hydrogens is 430 g/mol. The summed E-state index contributed by atoms with van der Waals surface area (Å²) in [4.78, 5) is 19.1. The maximum atomic E-state index is 13.1. The molecule has 0 aliphatic rings. The first-order valence-electron chi connectivity index (χ1n) is 10.8. The molecule has 5 rings (SSSR count). The van der Waals surface area contributed by atoms with Crippen LogP contribution in [0.2, 0.25) is 0 Å². The number of amides is 1. The molecule has 0 radical (unpaired) electrons. The molecule has 3 aromatic heterocycles. The number of nitrogens with one attached hydrogen (secondary N) is 1. The molecule has 3 heterocycles. The number of hydrogen-bond donors (Lipinski definition) is 2. The Morgan fingerprint density at radius 3 is 2.52 bits per heavy atom. The van der Waals surface area contributed by atoms with E-state index in [-0.39, 0.29) is 5.91 Å². The third-order valence-corrected chi connectivity index (χ3v) is 6.76. The van der Waals surface area contributed by atoms with Gasteiger partial charge < -0.3 is 15.5 Å². The second kappa shape index (κ2) is 8.56. The average Bonchev–Trinajstić information content (AvgIpc) is 3.48. The monoisotopic (exact) mass is 453 g/mol. The van der Waals surface area contributed by atoms with E-state index in [0.29, 0.717) is 21.2 Å². The van der Waals surface area contributed by atoms with E-state index >= 15 is 0 Å². The molecule has 0 aliphatic carbocycles. The second-order valence-electron chi connectivity index (χ2n) is 7.93. The highest BCUT2D eigenvalue weighted by molar-refractivity contribution is 7.21. The average molecular weight is 454 g/mol. The van der Waals surface area contributed by atoms with Crippen LogP contribution in [0.5, 0.6) is 0 Å². The van der Waals surface area contributed by atoms with Gasteiger partial charge in [-0.25, -0.2) is 4.98 Å². The Balaban J connectivity index is 1.61. The first-order chi connectivity index (χ1) is 16.0. The normalized spacial score (nSPS) is 11.1. The predicted molar refractivity (Wildman–Crippen MR) is 136 cm³/mol. The standard InChI is InChI=1S/C27H23N3O2S/c1-3-17-8-12-19(13-9-17)29-26(31)25-24(28)23-20(22-5-4-14-32-22)15-21(30-27(23)33-25)18-10-6-16(2)7-11-18/h4-15H,3,28H2,1-2H3,(H,29,31). The first-order valence-corrected chi connectivity index (χ1v) is 11.6. The number of carbonyl (C=O) groups is 1. The minimum atomic E-state index is -0.248. The van der Waals surface area contributed by atoms with Crippen LogP contribution in [0.4, 0.5) is 11.4 Å². The highest BCUT2D eigenvalue weighted by atomic mass is 32.1. The van der Waals surface area contributed by atoms with Crippen molar-refractivity contribution in [3.8, 4) is 22.6 Å². The predicted octanol–water partition coefficient (Wildman–Crippen LogP) is 6.93. The lowest BCUT2D eigenvalue weighted by atomic mass is 10.0. The number of nitrogen functional groups attached to an aromatic ring is 1. The molecule has 2 aromatic carbocycles. The summed E-state index contributed by atoms with van der Waals surface area (Å²) in [5, 5.41) is 3.69. The van der Waals surface area contributed by atoms with Crippen molar-refractivity contribution in [2.75, 3.05) is 11.1 Å². The van der Waals surface area contributed by atoms with Gasteiger partial charge >= 0.3 is 0 Å². The number of anilines is 2. The van der Waals surface area contributed by atoms with Crippen molar-refractivity contribution in [3.05, 3.63) is 89.0 Å². The van der Waals surface area contributed by atoms with Crippen molar-refractivity contribution >= 4 is 38.8 Å². The van der Waals surface area contributed by atoms with Crippen LogP contribution in [0.25, 0.3) is 32.8 Å². The maximum Gasteiger partial charge on any atom is 0.267 e. The molecule has 0 saturated carbocycles. The molecule has 0 unspecified atom stereocenters. The Kier molecular flexibility index (Phi) is 5.44. The molecule has 1 amide bonds. The summed E-state index contributed by atoms with van der Waals surface area (Å²) in [6, 6.07) is 21.7. The third-order valence-electron chi connectivity index (χ3n) is 5.66. The van der Waals surface area contributed by atoms with Gasteiger partial charge in [0.25, 0.3) is 5.91 Å². The molecular formula is C27H23N3O2S. The van der Waals surface area contributed by atoms with E-state index in [1.54, 1.807) is 6.26 Å². The van der Waals surface area contributed by atoms with Gasteiger partial charge in [0.05, 0.1) is 17.6 Å². The lowest BCUT2D eigenvalue weighted by molar-refractivity contribution is 0.103. The van der Waals surface area contributed by atoms with Crippen molar-refractivity contribution in [1.29, 1.82) is 0 Å². The summed E-state index contributed by atoms with van der Waals surface area (Å²) in [7, 11) is 0. The number of aromatic nitrogens is 1. The van der Waals surface area contributed by atoms with Crippen LogP contribution in [0.15, 0.2) is 77.4 Å². The molecule has 0 spiro atoms. The zero-order valence-electron chi connectivity index (χ0n) is 18.4. The molecule has 0 atom stereocenters. The van der Waals surface area contributed by atoms with E-state index in [9.17, 15) is 4.79 Å². The Morgan fingerprint density at radius 2 is 1.85 bits per heavy atom. The topological polar surface area (TPSA) is 81.2 Å². The number of nitrogens with zero attached hydrogens (tertiary/aromatic N) is 1. The summed E-state index contributed by atoms with van der Waals surface area (Å²) in [5.41, 5.74) is 12.7. The van der Waals surface area contributed by atoms with Crippen molar-refractivity contribution in [2.24, 2.45) is 0 Å². The minimum absolute atomic E-state index is 0.248. The SMILES string of the molecule is CCc1ccc(NC(=O)c2sc3nc(-c4ccc(C)cc4)cc(-c4ccco4)c3c2N)cc1. The summed E-state index contributed by atoms with van der Waals surface area (Å²) >= 11 is 1.29. The van der Waals surface area contributed by atoms with Gasteiger partial charge in [0.2, 0.25) is 0 Å². The molecule has 3 N–H and O–H groups in total. The van der Waals surface area contributed by atoms with Gasteiger partial charge in [0.15, 0.2) is 0 Å². The highest BCUT2D eigenvalue weighted by Gasteiger charge is 2.22. The minimum Gasteiger partial charge on any atom is -0.464 e. The van der Waals surface area contributed by atoms with Crippen molar-refractivity contribution in [2.45, 2.75) is 20.3 Å². The van der Waals surface area contributed by atoms with Crippen molar-refractivity contribution in [3.63, 3.8) is 0 Å². The van der Waals surface area contributed by atoms with Gasteiger partial charge in [0, 0.05) is 22.2 Å². The number of benzene rings is 2. The van der Waals surface area contributed by atoms with Crippen LogP contribution in [0.3, 0.4) is 0 Å². The maximum absolute atomic E-state index is 13.1. The molecule has 33 heavy (non-hydrogen) atoms. The largest absolute Gasteiger partial charge is 0.464 e. The number of pyridine rings is 1. The third kappa shape index (κ3) is 4.01. The van der Waals surface area contributed by atoms with E-state index in [0.717, 1.165) is 34.3 Å².